The Morgan fingerprint density at radius 3 is 2.83 bits per heavy atom. The number of esters is 1. The molecule has 1 saturated carbocycles. The highest BCUT2D eigenvalue weighted by Gasteiger charge is 2.29. The minimum absolute atomic E-state index is 0.0152. The second-order valence-corrected chi connectivity index (χ2v) is 6.50. The summed E-state index contributed by atoms with van der Waals surface area (Å²) in [7, 11) is 1.31. The Balaban J connectivity index is 2.07. The Hall–Kier alpha value is -2.55. The number of ether oxygens (including phenoxy) is 1. The first kappa shape index (κ1) is 16.3. The molecule has 0 unspecified atom stereocenters. The molecule has 1 fully saturated rings. The number of nitrogens with zero attached hydrogens (tertiary/aromatic N) is 3. The van der Waals surface area contributed by atoms with Crippen molar-refractivity contribution in [3.05, 3.63) is 33.1 Å². The zero-order valence-electron chi connectivity index (χ0n) is 12.9. The summed E-state index contributed by atoms with van der Waals surface area (Å²) in [4.78, 5) is 38.5. The lowest BCUT2D eigenvalue weighted by atomic mass is 10.3. The Labute approximate surface area is 140 Å². The number of hydrogen-bond acceptors (Lipinski definition) is 6. The van der Waals surface area contributed by atoms with E-state index in [2.05, 4.69) is 9.73 Å². The van der Waals surface area contributed by atoms with E-state index in [1.165, 1.54) is 30.6 Å². The normalized spacial score (nSPS) is 14.8. The summed E-state index contributed by atoms with van der Waals surface area (Å²) in [6.45, 7) is 0.293. The van der Waals surface area contributed by atoms with E-state index in [-0.39, 0.29) is 29.9 Å². The van der Waals surface area contributed by atoms with Crippen LogP contribution in [0.25, 0.3) is 10.2 Å². The van der Waals surface area contributed by atoms with Crippen LogP contribution in [-0.4, -0.2) is 28.5 Å². The highest BCUT2D eigenvalue weighted by Crippen LogP contribution is 2.30. The lowest BCUT2D eigenvalue weighted by molar-refractivity contribution is -0.384. The first-order valence-corrected chi connectivity index (χ1v) is 8.24. The summed E-state index contributed by atoms with van der Waals surface area (Å²) in [5, 5.41) is 10.9. The van der Waals surface area contributed by atoms with Gasteiger partial charge in [-0.1, -0.05) is 11.3 Å². The highest BCUT2D eigenvalue weighted by atomic mass is 32.1. The van der Waals surface area contributed by atoms with E-state index in [1.54, 1.807) is 10.6 Å². The van der Waals surface area contributed by atoms with E-state index in [1.807, 2.05) is 0 Å². The number of carbonyl (C=O) groups excluding carboxylic acids is 2. The van der Waals surface area contributed by atoms with Crippen LogP contribution < -0.4 is 4.80 Å². The number of rotatable bonds is 5. The Morgan fingerprint density at radius 1 is 1.46 bits per heavy atom. The summed E-state index contributed by atoms with van der Waals surface area (Å²) in [5.41, 5.74) is 0.681. The van der Waals surface area contributed by atoms with Gasteiger partial charge < -0.3 is 9.30 Å². The van der Waals surface area contributed by atoms with E-state index in [9.17, 15) is 19.7 Å². The van der Waals surface area contributed by atoms with Crippen molar-refractivity contribution >= 4 is 39.1 Å². The van der Waals surface area contributed by atoms with Gasteiger partial charge in [-0.2, -0.15) is 4.99 Å². The number of carbonyl (C=O) groups is 2. The molecule has 0 bridgehead atoms. The zero-order valence-corrected chi connectivity index (χ0v) is 13.7. The van der Waals surface area contributed by atoms with Crippen molar-refractivity contribution in [2.45, 2.75) is 25.8 Å². The van der Waals surface area contributed by atoms with Gasteiger partial charge in [0, 0.05) is 24.6 Å². The van der Waals surface area contributed by atoms with Gasteiger partial charge in [0.15, 0.2) is 4.80 Å². The van der Waals surface area contributed by atoms with Gasteiger partial charge in [-0.25, -0.2) is 0 Å². The number of amides is 1. The monoisotopic (exact) mass is 349 g/mol. The average molecular weight is 349 g/mol. The van der Waals surface area contributed by atoms with Gasteiger partial charge in [-0.3, -0.25) is 19.7 Å². The van der Waals surface area contributed by atoms with Gasteiger partial charge >= 0.3 is 5.97 Å². The third kappa shape index (κ3) is 3.35. The second kappa shape index (κ2) is 6.52. The molecule has 1 aromatic carbocycles. The van der Waals surface area contributed by atoms with Crippen LogP contribution in [0, 0.1) is 16.0 Å². The van der Waals surface area contributed by atoms with Crippen LogP contribution in [0.5, 0.6) is 0 Å². The Kier molecular flexibility index (Phi) is 4.43. The van der Waals surface area contributed by atoms with Gasteiger partial charge in [0.2, 0.25) is 0 Å². The molecular formula is C15H15N3O5S. The molecule has 0 atom stereocenters. The molecule has 0 radical (unpaired) electrons. The molecule has 1 heterocycles. The van der Waals surface area contributed by atoms with Crippen molar-refractivity contribution in [2.24, 2.45) is 10.9 Å². The first-order chi connectivity index (χ1) is 11.5. The number of aromatic nitrogens is 1. The van der Waals surface area contributed by atoms with Gasteiger partial charge in [-0.15, -0.1) is 0 Å². The smallest absolute Gasteiger partial charge is 0.307 e. The van der Waals surface area contributed by atoms with Crippen LogP contribution in [-0.2, 0) is 20.9 Å². The number of hydrogen-bond donors (Lipinski definition) is 0. The molecule has 126 valence electrons. The molecular weight excluding hydrogens is 334 g/mol. The van der Waals surface area contributed by atoms with Crippen molar-refractivity contribution in [1.29, 1.82) is 0 Å². The van der Waals surface area contributed by atoms with Crippen molar-refractivity contribution in [1.82, 2.24) is 4.57 Å². The fourth-order valence-electron chi connectivity index (χ4n) is 2.30. The highest BCUT2D eigenvalue weighted by molar-refractivity contribution is 7.16. The zero-order chi connectivity index (χ0) is 17.3. The molecule has 2 aromatic rings. The summed E-state index contributed by atoms with van der Waals surface area (Å²) in [6.07, 6.45) is 1.83. The molecule has 3 rings (SSSR count). The predicted octanol–water partition coefficient (Wildman–Crippen LogP) is 2.01. The van der Waals surface area contributed by atoms with E-state index >= 15 is 0 Å². The van der Waals surface area contributed by atoms with Crippen molar-refractivity contribution < 1.29 is 19.2 Å². The molecule has 0 saturated heterocycles. The number of nitro groups is 1. The van der Waals surface area contributed by atoms with Crippen LogP contribution >= 0.6 is 11.3 Å². The quantitative estimate of drug-likeness (QED) is 0.466. The van der Waals surface area contributed by atoms with Gasteiger partial charge in [-0.05, 0) is 18.9 Å². The fourth-order valence-corrected chi connectivity index (χ4v) is 3.39. The van der Waals surface area contributed by atoms with Gasteiger partial charge in [0.25, 0.3) is 11.6 Å². The van der Waals surface area contributed by atoms with E-state index in [4.69, 9.17) is 0 Å². The van der Waals surface area contributed by atoms with Gasteiger partial charge in [0.1, 0.15) is 0 Å². The second-order valence-electron chi connectivity index (χ2n) is 5.50. The lowest BCUT2D eigenvalue weighted by Crippen LogP contribution is -2.19. The van der Waals surface area contributed by atoms with Crippen molar-refractivity contribution in [2.75, 3.05) is 7.11 Å². The standard InChI is InChI=1S/C15H15N3O5S/c1-23-13(19)6-7-17-11-5-4-10(18(21)22)8-12(11)24-15(17)16-14(20)9-2-3-9/h4-5,8-9H,2-3,6-7H2,1H3. The third-order valence-corrected chi connectivity index (χ3v) is 4.82. The number of benzene rings is 1. The Bertz CT molecular complexity index is 894. The SMILES string of the molecule is COC(=O)CCn1c(=NC(=O)C2CC2)sc2cc([N+](=O)[O-])ccc21. The maximum Gasteiger partial charge on any atom is 0.307 e. The number of aryl methyl sites for hydroxylation is 1. The number of methoxy groups -OCH3 is 1. The summed E-state index contributed by atoms with van der Waals surface area (Å²) >= 11 is 1.21. The van der Waals surface area contributed by atoms with Crippen LogP contribution in [0.15, 0.2) is 23.2 Å². The number of thiazole rings is 1. The largest absolute Gasteiger partial charge is 0.469 e. The van der Waals surface area contributed by atoms with E-state index in [0.29, 0.717) is 21.6 Å². The molecule has 1 amide bonds. The molecule has 24 heavy (non-hydrogen) atoms. The predicted molar refractivity (Wildman–Crippen MR) is 86.4 cm³/mol. The van der Waals surface area contributed by atoms with Crippen LogP contribution in [0.4, 0.5) is 5.69 Å². The van der Waals surface area contributed by atoms with Crippen molar-refractivity contribution in [3.63, 3.8) is 0 Å². The summed E-state index contributed by atoms with van der Waals surface area (Å²) in [6, 6.07) is 4.47. The molecule has 1 aromatic heterocycles. The van der Waals surface area contributed by atoms with Crippen LogP contribution in [0.2, 0.25) is 0 Å². The maximum atomic E-state index is 12.0. The average Bonchev–Trinajstić information content (AvgIpc) is 3.35. The van der Waals surface area contributed by atoms with Gasteiger partial charge in [0.05, 0.1) is 28.7 Å². The number of nitro benzene ring substituents is 1. The molecule has 9 heteroatoms. The van der Waals surface area contributed by atoms with E-state index in [0.717, 1.165) is 12.8 Å². The maximum absolute atomic E-state index is 12.0. The number of fused-ring (bicyclic) bond motifs is 1. The third-order valence-electron chi connectivity index (χ3n) is 3.78. The van der Waals surface area contributed by atoms with E-state index < -0.39 is 4.92 Å². The first-order valence-electron chi connectivity index (χ1n) is 7.43. The lowest BCUT2D eigenvalue weighted by Gasteiger charge is -2.04. The minimum atomic E-state index is -0.468. The topological polar surface area (TPSA) is 104 Å². The Morgan fingerprint density at radius 2 is 2.21 bits per heavy atom. The minimum Gasteiger partial charge on any atom is -0.469 e. The molecule has 1 aliphatic carbocycles. The van der Waals surface area contributed by atoms with Crippen LogP contribution in [0.1, 0.15) is 19.3 Å². The molecule has 0 spiro atoms. The summed E-state index contributed by atoms with van der Waals surface area (Å²) in [5.74, 6) is -0.565. The van der Waals surface area contributed by atoms with Crippen molar-refractivity contribution in [3.8, 4) is 0 Å². The molecule has 8 nitrogen and oxygen atoms in total. The summed E-state index contributed by atoms with van der Waals surface area (Å²) < 4.78 is 7.03. The fraction of sp³-hybridized carbons (Fsp3) is 0.400. The molecule has 0 aliphatic heterocycles. The molecule has 1 aliphatic rings. The van der Waals surface area contributed by atoms with Crippen LogP contribution in [0.3, 0.4) is 0 Å². The molecule has 0 N–H and O–H groups in total. The number of non-ortho nitro benzene ring substituents is 1.